The van der Waals surface area contributed by atoms with Gasteiger partial charge in [0.15, 0.2) is 18.0 Å². The summed E-state index contributed by atoms with van der Waals surface area (Å²) in [5.74, 6) is 0.0191. The molecule has 142 valence electrons. The highest BCUT2D eigenvalue weighted by atomic mass is 35.5. The van der Waals surface area contributed by atoms with E-state index in [-0.39, 0.29) is 16.7 Å². The Morgan fingerprint density at radius 1 is 1.15 bits per heavy atom. The Morgan fingerprint density at radius 3 is 2.67 bits per heavy atom. The zero-order chi connectivity index (χ0) is 19.4. The van der Waals surface area contributed by atoms with E-state index in [0.717, 1.165) is 23.0 Å². The average Bonchev–Trinajstić information content (AvgIpc) is 3.06. The molecule has 0 unspecified atom stereocenters. The van der Waals surface area contributed by atoms with Crippen LogP contribution in [0.4, 0.5) is 18.9 Å². The number of pyridine rings is 1. The molecule has 2 heterocycles. The van der Waals surface area contributed by atoms with E-state index in [2.05, 4.69) is 14.8 Å². The number of nitrogens with zero attached hydrogens (tertiary/aromatic N) is 3. The smallest absolute Gasteiger partial charge is 0.303 e. The molecule has 0 aliphatic rings. The standard InChI is InChI=1S/C15H9Cl2F3N4O2S/c16-10-2-1-3-11(7-10)23-27-26-25-13-4-5-22-24(13)14-12(17)6-9(8-21-14)15(18,19)20/h1-8,23H. The molecular formula is C15H9Cl2F3N4O2S. The Morgan fingerprint density at radius 2 is 1.96 bits per heavy atom. The molecule has 3 aromatic rings. The van der Waals surface area contributed by atoms with E-state index in [1.165, 1.54) is 12.3 Å². The van der Waals surface area contributed by atoms with E-state index in [9.17, 15) is 13.2 Å². The topological polar surface area (TPSA) is 61.2 Å². The Labute approximate surface area is 165 Å². The maximum atomic E-state index is 12.7. The van der Waals surface area contributed by atoms with Crippen LogP contribution in [-0.2, 0) is 10.5 Å². The molecular weight excluding hydrogens is 428 g/mol. The maximum absolute atomic E-state index is 12.7. The van der Waals surface area contributed by atoms with Gasteiger partial charge in [0.1, 0.15) is 0 Å². The van der Waals surface area contributed by atoms with Crippen molar-refractivity contribution in [2.75, 3.05) is 4.72 Å². The molecule has 0 aliphatic heterocycles. The fourth-order valence-electron chi connectivity index (χ4n) is 1.92. The minimum absolute atomic E-state index is 0.0407. The molecule has 1 N–H and O–H groups in total. The number of hydrogen-bond donors (Lipinski definition) is 1. The van der Waals surface area contributed by atoms with Gasteiger partial charge >= 0.3 is 6.18 Å². The summed E-state index contributed by atoms with van der Waals surface area (Å²) in [4.78, 5) is 8.79. The monoisotopic (exact) mass is 436 g/mol. The Hall–Kier alpha value is -2.14. The van der Waals surface area contributed by atoms with Crippen molar-refractivity contribution < 1.29 is 22.4 Å². The molecule has 1 aromatic carbocycles. The minimum atomic E-state index is -4.55. The third-order valence-corrected chi connectivity index (χ3v) is 4.06. The van der Waals surface area contributed by atoms with Crippen LogP contribution < -0.4 is 9.61 Å². The van der Waals surface area contributed by atoms with Crippen molar-refractivity contribution >= 4 is 41.1 Å². The third kappa shape index (κ3) is 4.98. The molecule has 3 rings (SSSR count). The van der Waals surface area contributed by atoms with Crippen LogP contribution in [0.3, 0.4) is 0 Å². The lowest BCUT2D eigenvalue weighted by Crippen LogP contribution is -2.09. The van der Waals surface area contributed by atoms with Crippen molar-refractivity contribution in [2.45, 2.75) is 6.18 Å². The molecule has 6 nitrogen and oxygen atoms in total. The van der Waals surface area contributed by atoms with Gasteiger partial charge in [-0.15, -0.1) is 0 Å². The highest BCUT2D eigenvalue weighted by Crippen LogP contribution is 2.32. The quantitative estimate of drug-likeness (QED) is 0.179. The number of anilines is 1. The number of rotatable bonds is 6. The molecule has 0 saturated heterocycles. The van der Waals surface area contributed by atoms with Gasteiger partial charge in [0.05, 0.1) is 16.8 Å². The lowest BCUT2D eigenvalue weighted by molar-refractivity contribution is -0.137. The molecule has 0 aliphatic carbocycles. The van der Waals surface area contributed by atoms with Crippen molar-refractivity contribution in [1.82, 2.24) is 14.8 Å². The molecule has 0 fully saturated rings. The van der Waals surface area contributed by atoms with Crippen LogP contribution in [0, 0.1) is 0 Å². The van der Waals surface area contributed by atoms with Gasteiger partial charge in [-0.25, -0.2) is 4.98 Å². The number of hydrogen-bond acceptors (Lipinski definition) is 6. The van der Waals surface area contributed by atoms with Crippen LogP contribution in [-0.4, -0.2) is 14.8 Å². The van der Waals surface area contributed by atoms with Gasteiger partial charge in [0.25, 0.3) is 5.88 Å². The largest absolute Gasteiger partial charge is 0.417 e. The van der Waals surface area contributed by atoms with Crippen molar-refractivity contribution in [1.29, 1.82) is 0 Å². The lowest BCUT2D eigenvalue weighted by Gasteiger charge is -2.11. The van der Waals surface area contributed by atoms with Gasteiger partial charge in [-0.3, -0.25) is 0 Å². The summed E-state index contributed by atoms with van der Waals surface area (Å²) in [7, 11) is 0. The van der Waals surface area contributed by atoms with E-state index in [4.69, 9.17) is 32.4 Å². The molecule has 0 amide bonds. The molecule has 0 saturated carbocycles. The minimum Gasteiger partial charge on any atom is -0.303 e. The van der Waals surface area contributed by atoms with Crippen molar-refractivity contribution in [3.63, 3.8) is 0 Å². The van der Waals surface area contributed by atoms with Crippen LogP contribution in [0.25, 0.3) is 5.82 Å². The number of alkyl halides is 3. The molecule has 0 spiro atoms. The molecule has 12 heteroatoms. The first kappa shape index (κ1) is 19.6. The van der Waals surface area contributed by atoms with Crippen LogP contribution >= 0.6 is 35.4 Å². The SMILES string of the molecule is FC(F)(F)c1cnc(-n2nccc2OOSNc2cccc(Cl)c2)c(Cl)c1. The average molecular weight is 437 g/mol. The molecule has 0 radical (unpaired) electrons. The van der Waals surface area contributed by atoms with Gasteiger partial charge in [0, 0.05) is 23.0 Å². The van der Waals surface area contributed by atoms with Crippen molar-refractivity contribution in [3.05, 3.63) is 64.4 Å². The third-order valence-electron chi connectivity index (χ3n) is 3.10. The van der Waals surface area contributed by atoms with E-state index >= 15 is 0 Å². The second-order valence-electron chi connectivity index (χ2n) is 4.96. The molecule has 2 aromatic heterocycles. The first-order valence-electron chi connectivity index (χ1n) is 7.13. The van der Waals surface area contributed by atoms with Gasteiger partial charge in [-0.2, -0.15) is 23.0 Å². The molecule has 27 heavy (non-hydrogen) atoms. The second kappa shape index (κ2) is 8.26. The van der Waals surface area contributed by atoms with Crippen LogP contribution in [0.15, 0.2) is 48.8 Å². The van der Waals surface area contributed by atoms with Crippen molar-refractivity contribution in [2.24, 2.45) is 0 Å². The summed E-state index contributed by atoms with van der Waals surface area (Å²) in [5.41, 5.74) is -0.291. The zero-order valence-electron chi connectivity index (χ0n) is 13.1. The number of benzene rings is 1. The zero-order valence-corrected chi connectivity index (χ0v) is 15.4. The summed E-state index contributed by atoms with van der Waals surface area (Å²) >= 11 is 12.5. The number of halogens is 5. The van der Waals surface area contributed by atoms with Crippen molar-refractivity contribution in [3.8, 4) is 11.7 Å². The summed E-state index contributed by atoms with van der Waals surface area (Å²) in [6.45, 7) is 0. The van der Waals surface area contributed by atoms with Gasteiger partial charge < -0.3 is 9.61 Å². The normalized spacial score (nSPS) is 11.4. The fourth-order valence-corrected chi connectivity index (χ4v) is 2.72. The highest BCUT2D eigenvalue weighted by molar-refractivity contribution is 7.95. The second-order valence-corrected chi connectivity index (χ2v) is 6.31. The van der Waals surface area contributed by atoms with Gasteiger partial charge in [0.2, 0.25) is 0 Å². The van der Waals surface area contributed by atoms with Gasteiger partial charge in [-0.05, 0) is 24.3 Å². The lowest BCUT2D eigenvalue weighted by atomic mass is 10.3. The molecule has 0 bridgehead atoms. The van der Waals surface area contributed by atoms with E-state index < -0.39 is 11.7 Å². The van der Waals surface area contributed by atoms with Crippen LogP contribution in [0.5, 0.6) is 5.88 Å². The highest BCUT2D eigenvalue weighted by Gasteiger charge is 2.32. The summed E-state index contributed by atoms with van der Waals surface area (Å²) in [6.07, 6.45) is -2.54. The first-order chi connectivity index (χ1) is 12.8. The molecule has 0 atom stereocenters. The van der Waals surface area contributed by atoms with E-state index in [0.29, 0.717) is 16.9 Å². The van der Waals surface area contributed by atoms with E-state index in [1.807, 2.05) is 0 Å². The fraction of sp³-hybridized carbons (Fsp3) is 0.0667. The maximum Gasteiger partial charge on any atom is 0.417 e. The summed E-state index contributed by atoms with van der Waals surface area (Å²) < 4.78 is 47.0. The number of aromatic nitrogens is 3. The Bertz CT molecular complexity index is 939. The van der Waals surface area contributed by atoms with E-state index in [1.54, 1.807) is 24.3 Å². The predicted octanol–water partition coefficient (Wildman–Crippen LogP) is 5.58. The summed E-state index contributed by atoms with van der Waals surface area (Å²) in [6, 6.07) is 9.08. The van der Waals surface area contributed by atoms with Gasteiger partial charge in [-0.1, -0.05) is 33.6 Å². The first-order valence-corrected chi connectivity index (χ1v) is 8.63. The summed E-state index contributed by atoms with van der Waals surface area (Å²) in [5, 5.41) is 4.22. The Kier molecular flexibility index (Phi) is 6.00. The Balaban J connectivity index is 1.66. The predicted molar refractivity (Wildman–Crippen MR) is 95.7 cm³/mol. The van der Waals surface area contributed by atoms with Crippen LogP contribution in [0.2, 0.25) is 10.0 Å². The van der Waals surface area contributed by atoms with Crippen LogP contribution in [0.1, 0.15) is 5.56 Å². The number of nitrogens with one attached hydrogen (secondary N) is 1.